The molecule has 0 aliphatic carbocycles. The second kappa shape index (κ2) is 12.2. The summed E-state index contributed by atoms with van der Waals surface area (Å²) in [6.45, 7) is -0.488. The third kappa shape index (κ3) is 6.59. The average Bonchev–Trinajstić information content (AvgIpc) is 3.21. The smallest absolute Gasteiger partial charge is 0.318 e. The third-order valence-electron chi connectivity index (χ3n) is 5.60. The van der Waals surface area contributed by atoms with Crippen molar-refractivity contribution >= 4 is 52.0 Å². The van der Waals surface area contributed by atoms with Crippen molar-refractivity contribution in [2.24, 2.45) is 0 Å². The molecule has 0 unspecified atom stereocenters. The average molecular weight is 581 g/mol. The molecule has 1 aliphatic rings. The number of methoxy groups -OCH3 is 2. The van der Waals surface area contributed by atoms with E-state index in [4.69, 9.17) is 14.2 Å². The van der Waals surface area contributed by atoms with Crippen molar-refractivity contribution in [3.63, 3.8) is 0 Å². The summed E-state index contributed by atoms with van der Waals surface area (Å²) in [5.74, 6) is -0.689. The van der Waals surface area contributed by atoms with E-state index in [-0.39, 0.29) is 22.2 Å². The predicted molar refractivity (Wildman–Crippen MR) is 147 cm³/mol. The van der Waals surface area contributed by atoms with Crippen molar-refractivity contribution in [2.75, 3.05) is 26.1 Å². The van der Waals surface area contributed by atoms with Crippen LogP contribution in [0, 0.1) is 20.2 Å². The van der Waals surface area contributed by atoms with E-state index >= 15 is 0 Å². The summed E-state index contributed by atoms with van der Waals surface area (Å²) in [7, 11) is 2.83. The number of benzene rings is 3. The molecule has 41 heavy (non-hydrogen) atoms. The van der Waals surface area contributed by atoms with Crippen molar-refractivity contribution in [3.8, 4) is 23.0 Å². The summed E-state index contributed by atoms with van der Waals surface area (Å²) in [6, 6.07) is 13.9. The maximum Gasteiger partial charge on any atom is 0.318 e. The molecule has 0 atom stereocenters. The van der Waals surface area contributed by atoms with Crippen LogP contribution in [0.25, 0.3) is 6.08 Å². The highest BCUT2D eigenvalue weighted by Crippen LogP contribution is 2.39. The lowest BCUT2D eigenvalue weighted by molar-refractivity contribution is -0.394. The Balaban J connectivity index is 1.49. The Bertz CT molecular complexity index is 1590. The van der Waals surface area contributed by atoms with Crippen LogP contribution < -0.4 is 19.5 Å². The zero-order valence-electron chi connectivity index (χ0n) is 21.4. The fourth-order valence-electron chi connectivity index (χ4n) is 3.63. The van der Waals surface area contributed by atoms with E-state index < -0.39 is 44.8 Å². The maximum atomic E-state index is 12.9. The number of ether oxygens (including phenoxy) is 3. The summed E-state index contributed by atoms with van der Waals surface area (Å²) in [4.78, 5) is 59.5. The first kappa shape index (κ1) is 28.6. The number of carbonyl (C=O) groups is 3. The molecule has 4 rings (SSSR count). The van der Waals surface area contributed by atoms with E-state index in [1.54, 1.807) is 24.3 Å². The lowest BCUT2D eigenvalue weighted by Crippen LogP contribution is -2.36. The summed E-state index contributed by atoms with van der Waals surface area (Å²) in [5, 5.41) is 24.4. The van der Waals surface area contributed by atoms with Gasteiger partial charge in [-0.1, -0.05) is 6.07 Å². The quantitative estimate of drug-likeness (QED) is 0.194. The maximum absolute atomic E-state index is 12.9. The molecular weight excluding hydrogens is 560 g/mol. The Morgan fingerprint density at radius 1 is 0.927 bits per heavy atom. The van der Waals surface area contributed by atoms with Crippen molar-refractivity contribution in [2.45, 2.75) is 0 Å². The minimum absolute atomic E-state index is 0.0601. The van der Waals surface area contributed by atoms with Crippen LogP contribution in [0.2, 0.25) is 0 Å². The molecule has 3 aromatic carbocycles. The molecule has 3 aromatic rings. The van der Waals surface area contributed by atoms with Crippen molar-refractivity contribution in [1.82, 2.24) is 4.90 Å². The summed E-state index contributed by atoms with van der Waals surface area (Å²) in [6.07, 6.45) is 1.42. The molecule has 0 radical (unpaired) electrons. The molecule has 15 heteroatoms. The van der Waals surface area contributed by atoms with Crippen LogP contribution in [0.4, 0.5) is 21.9 Å². The van der Waals surface area contributed by atoms with Crippen LogP contribution in [0.5, 0.6) is 23.0 Å². The molecule has 1 N–H and O–H groups in total. The fourth-order valence-corrected chi connectivity index (χ4v) is 4.47. The third-order valence-corrected chi connectivity index (χ3v) is 6.51. The van der Waals surface area contributed by atoms with Gasteiger partial charge in [-0.15, -0.1) is 0 Å². The number of carbonyl (C=O) groups excluding carboxylic acids is 3. The SMILES string of the molecule is COc1ccc(NC(=O)CN2C(=O)S/C(=C/c3ccc(Oc4ccc([N+](=O)[O-])cc4[N+](=O)[O-])c(OC)c3)C2=O)cc1. The molecule has 210 valence electrons. The van der Waals surface area contributed by atoms with Gasteiger partial charge in [0.25, 0.3) is 16.8 Å². The normalized spacial score (nSPS) is 13.7. The van der Waals surface area contributed by atoms with Crippen LogP contribution >= 0.6 is 11.8 Å². The number of non-ortho nitro benzene ring substituents is 1. The number of rotatable bonds is 10. The first-order chi connectivity index (χ1) is 19.6. The second-order valence-corrected chi connectivity index (χ2v) is 9.22. The molecule has 0 aromatic heterocycles. The Morgan fingerprint density at radius 2 is 1.63 bits per heavy atom. The number of nitro groups is 2. The predicted octanol–water partition coefficient (Wildman–Crippen LogP) is 4.99. The molecule has 0 saturated carbocycles. The van der Waals surface area contributed by atoms with Gasteiger partial charge in [0.2, 0.25) is 11.7 Å². The number of hydrogen-bond donors (Lipinski definition) is 1. The van der Waals surface area contributed by atoms with Gasteiger partial charge in [0.05, 0.1) is 35.0 Å². The molecule has 3 amide bonds. The van der Waals surface area contributed by atoms with E-state index in [1.807, 2.05) is 0 Å². The largest absolute Gasteiger partial charge is 0.497 e. The van der Waals surface area contributed by atoms with Crippen LogP contribution in [0.3, 0.4) is 0 Å². The first-order valence-corrected chi connectivity index (χ1v) is 12.4. The molecule has 1 aliphatic heterocycles. The highest BCUT2D eigenvalue weighted by atomic mass is 32.2. The molecule has 0 spiro atoms. The number of thioether (sulfide) groups is 1. The van der Waals surface area contributed by atoms with Crippen LogP contribution in [-0.2, 0) is 9.59 Å². The van der Waals surface area contributed by atoms with E-state index in [0.29, 0.717) is 28.8 Å². The van der Waals surface area contributed by atoms with Gasteiger partial charge in [0.1, 0.15) is 12.3 Å². The lowest BCUT2D eigenvalue weighted by Gasteiger charge is -2.13. The second-order valence-electron chi connectivity index (χ2n) is 8.22. The van der Waals surface area contributed by atoms with Gasteiger partial charge in [-0.25, -0.2) is 0 Å². The highest BCUT2D eigenvalue weighted by Gasteiger charge is 2.36. The van der Waals surface area contributed by atoms with Gasteiger partial charge in [0, 0.05) is 11.8 Å². The number of anilines is 1. The van der Waals surface area contributed by atoms with Crippen LogP contribution in [-0.4, -0.2) is 52.6 Å². The Kier molecular flexibility index (Phi) is 8.48. The monoisotopic (exact) mass is 580 g/mol. The zero-order chi connectivity index (χ0) is 29.7. The number of nitrogens with one attached hydrogen (secondary N) is 1. The zero-order valence-corrected chi connectivity index (χ0v) is 22.2. The Hall–Kier alpha value is -5.44. The number of nitro benzene ring substituents is 2. The van der Waals surface area contributed by atoms with E-state index in [0.717, 1.165) is 23.1 Å². The van der Waals surface area contributed by atoms with E-state index in [9.17, 15) is 34.6 Å². The number of hydrogen-bond acceptors (Lipinski definition) is 11. The fraction of sp³-hybridized carbons (Fsp3) is 0.115. The van der Waals surface area contributed by atoms with E-state index in [1.165, 1.54) is 38.5 Å². The van der Waals surface area contributed by atoms with Gasteiger partial charge in [0.15, 0.2) is 11.5 Å². The summed E-state index contributed by atoms with van der Waals surface area (Å²) < 4.78 is 16.0. The highest BCUT2D eigenvalue weighted by molar-refractivity contribution is 8.18. The number of nitrogens with zero attached hydrogens (tertiary/aromatic N) is 3. The van der Waals surface area contributed by atoms with E-state index in [2.05, 4.69) is 5.32 Å². The first-order valence-electron chi connectivity index (χ1n) is 11.6. The number of imide groups is 1. The standard InChI is InChI=1S/C26H20N4O10S/c1-38-18-7-4-16(5-8-18)27-24(31)14-28-25(32)23(41-26(28)33)12-15-3-9-21(22(11-15)39-2)40-20-10-6-17(29(34)35)13-19(20)30(36)37/h3-13H,14H2,1-2H3,(H,27,31)/b23-12+. The summed E-state index contributed by atoms with van der Waals surface area (Å²) >= 11 is 0.659. The van der Waals surface area contributed by atoms with Crippen molar-refractivity contribution < 1.29 is 38.4 Å². The van der Waals surface area contributed by atoms with Gasteiger partial charge >= 0.3 is 5.69 Å². The van der Waals surface area contributed by atoms with Crippen LogP contribution in [0.1, 0.15) is 5.56 Å². The van der Waals surface area contributed by atoms with Gasteiger partial charge in [-0.05, 0) is 65.9 Å². The van der Waals surface area contributed by atoms with Gasteiger partial charge < -0.3 is 19.5 Å². The molecule has 0 bridgehead atoms. The molecule has 1 saturated heterocycles. The van der Waals surface area contributed by atoms with Gasteiger partial charge in [-0.3, -0.25) is 39.5 Å². The topological polar surface area (TPSA) is 180 Å². The Labute approximate surface area is 235 Å². The van der Waals surface area contributed by atoms with Gasteiger partial charge in [-0.2, -0.15) is 0 Å². The molecule has 1 heterocycles. The van der Waals surface area contributed by atoms with Crippen molar-refractivity contribution in [3.05, 3.63) is 91.4 Å². The minimum Gasteiger partial charge on any atom is -0.497 e. The van der Waals surface area contributed by atoms with Crippen molar-refractivity contribution in [1.29, 1.82) is 0 Å². The lowest BCUT2D eigenvalue weighted by atomic mass is 10.1. The molecule has 14 nitrogen and oxygen atoms in total. The summed E-state index contributed by atoms with van der Waals surface area (Å²) in [5.41, 5.74) is -0.194. The molecular formula is C26H20N4O10S. The number of amides is 3. The van der Waals surface area contributed by atoms with Crippen LogP contribution in [0.15, 0.2) is 65.6 Å². The Morgan fingerprint density at radius 3 is 2.27 bits per heavy atom. The molecule has 1 fully saturated rings. The minimum atomic E-state index is -0.809.